The van der Waals surface area contributed by atoms with Gasteiger partial charge in [-0.05, 0) is 58.0 Å². The van der Waals surface area contributed by atoms with Crippen LogP contribution < -0.4 is 0 Å². The summed E-state index contributed by atoms with van der Waals surface area (Å²) >= 11 is 0. The molecule has 0 N–H and O–H groups in total. The van der Waals surface area contributed by atoms with Crippen LogP contribution in [0.25, 0.3) is 0 Å². The van der Waals surface area contributed by atoms with Crippen LogP contribution in [0.3, 0.4) is 0 Å². The van der Waals surface area contributed by atoms with Gasteiger partial charge < -0.3 is 14.5 Å². The molecule has 3 heterocycles. The third kappa shape index (κ3) is 3.71. The SMILES string of the molecule is O=C(N1CCC2OCCN(CCN3CCCC3)C2CC1)C1(F)CCC1. The van der Waals surface area contributed by atoms with Crippen molar-refractivity contribution in [3.8, 4) is 0 Å². The molecular formula is C19H32FN3O2. The lowest BCUT2D eigenvalue weighted by Crippen LogP contribution is -2.53. The third-order valence-corrected chi connectivity index (χ3v) is 6.71. The standard InChI is InChI=1S/C19H32FN3O2/c20-19(6-3-7-19)18(24)23-10-4-16-17(5-11-23)25-15-14-22(16)13-12-21-8-1-2-9-21/h16-17H,1-15H2. The fourth-order valence-corrected chi connectivity index (χ4v) is 4.90. The normalized spacial score (nSPS) is 33.6. The molecule has 2 unspecified atom stereocenters. The second-order valence-electron chi connectivity index (χ2n) is 8.25. The largest absolute Gasteiger partial charge is 0.375 e. The summed E-state index contributed by atoms with van der Waals surface area (Å²) in [6.45, 7) is 7.78. The number of carbonyl (C=O) groups is 1. The molecule has 5 nitrogen and oxygen atoms in total. The lowest BCUT2D eigenvalue weighted by Gasteiger charge is -2.41. The van der Waals surface area contributed by atoms with E-state index < -0.39 is 5.67 Å². The Kier molecular flexibility index (Phi) is 5.30. The maximum absolute atomic E-state index is 14.5. The topological polar surface area (TPSA) is 36.0 Å². The number of ether oxygens (including phenoxy) is 1. The molecule has 1 aliphatic carbocycles. The monoisotopic (exact) mass is 353 g/mol. The van der Waals surface area contributed by atoms with Crippen molar-refractivity contribution in [2.24, 2.45) is 0 Å². The summed E-state index contributed by atoms with van der Waals surface area (Å²) in [5.74, 6) is -0.263. The predicted molar refractivity (Wildman–Crippen MR) is 94.3 cm³/mol. The molecule has 3 saturated heterocycles. The molecule has 0 bridgehead atoms. The Hall–Kier alpha value is -0.720. The number of fused-ring (bicyclic) bond motifs is 1. The molecule has 0 radical (unpaired) electrons. The fraction of sp³-hybridized carbons (Fsp3) is 0.947. The van der Waals surface area contributed by atoms with Gasteiger partial charge in [-0.25, -0.2) is 4.39 Å². The van der Waals surface area contributed by atoms with E-state index in [0.717, 1.165) is 45.5 Å². The van der Waals surface area contributed by atoms with Crippen LogP contribution in [0, 0.1) is 0 Å². The van der Waals surface area contributed by atoms with Crippen LogP contribution in [0.15, 0.2) is 0 Å². The molecule has 4 aliphatic rings. The van der Waals surface area contributed by atoms with Crippen molar-refractivity contribution in [1.29, 1.82) is 0 Å². The van der Waals surface area contributed by atoms with Gasteiger partial charge in [0.05, 0.1) is 12.7 Å². The first kappa shape index (κ1) is 17.7. The van der Waals surface area contributed by atoms with E-state index in [2.05, 4.69) is 9.80 Å². The van der Waals surface area contributed by atoms with Crippen molar-refractivity contribution in [3.63, 3.8) is 0 Å². The Balaban J connectivity index is 1.34. The van der Waals surface area contributed by atoms with Crippen molar-refractivity contribution in [1.82, 2.24) is 14.7 Å². The van der Waals surface area contributed by atoms with Gasteiger partial charge in [0, 0.05) is 38.8 Å². The van der Waals surface area contributed by atoms with Gasteiger partial charge in [-0.2, -0.15) is 0 Å². The van der Waals surface area contributed by atoms with E-state index >= 15 is 0 Å². The first-order valence-corrected chi connectivity index (χ1v) is 10.2. The zero-order valence-corrected chi connectivity index (χ0v) is 15.3. The van der Waals surface area contributed by atoms with E-state index in [9.17, 15) is 9.18 Å². The number of nitrogens with zero attached hydrogens (tertiary/aromatic N) is 3. The quantitative estimate of drug-likeness (QED) is 0.770. The highest BCUT2D eigenvalue weighted by Crippen LogP contribution is 2.38. The molecule has 3 aliphatic heterocycles. The number of morpholine rings is 1. The summed E-state index contributed by atoms with van der Waals surface area (Å²) in [6.07, 6.45) is 6.27. The number of amides is 1. The summed E-state index contributed by atoms with van der Waals surface area (Å²) in [4.78, 5) is 19.4. The molecule has 0 aromatic heterocycles. The maximum Gasteiger partial charge on any atom is 0.260 e. The van der Waals surface area contributed by atoms with Crippen molar-refractivity contribution >= 4 is 5.91 Å². The highest BCUT2D eigenvalue weighted by Gasteiger charge is 2.47. The summed E-state index contributed by atoms with van der Waals surface area (Å²) in [5.41, 5.74) is -1.56. The molecular weight excluding hydrogens is 321 g/mol. The van der Waals surface area contributed by atoms with E-state index in [1.54, 1.807) is 4.90 Å². The summed E-state index contributed by atoms with van der Waals surface area (Å²) in [7, 11) is 0. The predicted octanol–water partition coefficient (Wildman–Crippen LogP) is 1.67. The Morgan fingerprint density at radius 3 is 2.48 bits per heavy atom. The first-order valence-electron chi connectivity index (χ1n) is 10.2. The Morgan fingerprint density at radius 1 is 1.00 bits per heavy atom. The molecule has 1 saturated carbocycles. The van der Waals surface area contributed by atoms with Gasteiger partial charge in [0.1, 0.15) is 0 Å². The van der Waals surface area contributed by atoms with Gasteiger partial charge in [-0.1, -0.05) is 0 Å². The lowest BCUT2D eigenvalue weighted by atomic mass is 9.81. The molecule has 0 aromatic carbocycles. The minimum atomic E-state index is -1.56. The van der Waals surface area contributed by atoms with Gasteiger partial charge >= 0.3 is 0 Å². The van der Waals surface area contributed by atoms with Crippen LogP contribution in [0.1, 0.15) is 44.9 Å². The Morgan fingerprint density at radius 2 is 1.76 bits per heavy atom. The molecule has 0 aromatic rings. The number of rotatable bonds is 4. The highest BCUT2D eigenvalue weighted by molar-refractivity contribution is 5.86. The molecule has 0 spiro atoms. The summed E-state index contributed by atoms with van der Waals surface area (Å²) in [6, 6.07) is 0.381. The average Bonchev–Trinajstić information content (AvgIpc) is 3.02. The molecule has 4 fully saturated rings. The molecule has 4 rings (SSSR count). The van der Waals surface area contributed by atoms with Gasteiger partial charge in [0.2, 0.25) is 0 Å². The number of alkyl halides is 1. The molecule has 6 heteroatoms. The number of carbonyl (C=O) groups excluding carboxylic acids is 1. The molecule has 142 valence electrons. The van der Waals surface area contributed by atoms with Crippen LogP contribution >= 0.6 is 0 Å². The van der Waals surface area contributed by atoms with Crippen LogP contribution in [0.5, 0.6) is 0 Å². The van der Waals surface area contributed by atoms with Crippen molar-refractivity contribution < 1.29 is 13.9 Å². The van der Waals surface area contributed by atoms with E-state index in [1.807, 2.05) is 0 Å². The molecule has 25 heavy (non-hydrogen) atoms. The second-order valence-corrected chi connectivity index (χ2v) is 8.25. The van der Waals surface area contributed by atoms with Crippen LogP contribution in [0.4, 0.5) is 4.39 Å². The van der Waals surface area contributed by atoms with E-state index in [1.165, 1.54) is 25.9 Å². The number of likely N-dealkylation sites (tertiary alicyclic amines) is 2. The smallest absolute Gasteiger partial charge is 0.260 e. The molecule has 2 atom stereocenters. The van der Waals surface area contributed by atoms with E-state index in [0.29, 0.717) is 32.0 Å². The maximum atomic E-state index is 14.5. The van der Waals surface area contributed by atoms with Crippen molar-refractivity contribution in [3.05, 3.63) is 0 Å². The number of hydrogen-bond acceptors (Lipinski definition) is 4. The van der Waals surface area contributed by atoms with Crippen LogP contribution in [-0.2, 0) is 9.53 Å². The minimum absolute atomic E-state index is 0.196. The molecule has 1 amide bonds. The van der Waals surface area contributed by atoms with Gasteiger partial charge in [-0.3, -0.25) is 9.69 Å². The van der Waals surface area contributed by atoms with Crippen molar-refractivity contribution in [2.45, 2.75) is 62.8 Å². The lowest BCUT2D eigenvalue weighted by molar-refractivity contribution is -0.149. The van der Waals surface area contributed by atoms with E-state index in [-0.39, 0.29) is 12.0 Å². The highest BCUT2D eigenvalue weighted by atomic mass is 19.1. The number of hydrogen-bond donors (Lipinski definition) is 0. The minimum Gasteiger partial charge on any atom is -0.375 e. The Bertz CT molecular complexity index is 479. The fourth-order valence-electron chi connectivity index (χ4n) is 4.90. The number of halogens is 1. The van der Waals surface area contributed by atoms with E-state index in [4.69, 9.17) is 4.74 Å². The van der Waals surface area contributed by atoms with Gasteiger partial charge in [0.25, 0.3) is 5.91 Å². The second kappa shape index (κ2) is 7.49. The zero-order valence-electron chi connectivity index (χ0n) is 15.3. The van der Waals surface area contributed by atoms with Gasteiger partial charge in [0.15, 0.2) is 5.67 Å². The third-order valence-electron chi connectivity index (χ3n) is 6.71. The summed E-state index contributed by atoms with van der Waals surface area (Å²) < 4.78 is 20.6. The average molecular weight is 353 g/mol. The van der Waals surface area contributed by atoms with Crippen LogP contribution in [-0.4, -0.2) is 90.8 Å². The first-order chi connectivity index (χ1) is 12.2. The Labute approximate surface area is 150 Å². The van der Waals surface area contributed by atoms with Crippen molar-refractivity contribution in [2.75, 3.05) is 52.4 Å². The summed E-state index contributed by atoms with van der Waals surface area (Å²) in [5, 5.41) is 0. The zero-order chi connectivity index (χ0) is 17.3. The van der Waals surface area contributed by atoms with Crippen LogP contribution in [0.2, 0.25) is 0 Å². The van der Waals surface area contributed by atoms with Gasteiger partial charge in [-0.15, -0.1) is 0 Å².